The van der Waals surface area contributed by atoms with Gasteiger partial charge < -0.3 is 14.7 Å². The Hall–Kier alpha value is -1.24. The maximum atomic E-state index is 11.4. The number of carboxylic acids is 1. The highest BCUT2D eigenvalue weighted by Crippen LogP contribution is 2.50. The zero-order valence-corrected chi connectivity index (χ0v) is 10.3. The zero-order valence-electron chi connectivity index (χ0n) is 9.50. The van der Waals surface area contributed by atoms with Crippen molar-refractivity contribution in [2.24, 2.45) is 0 Å². The molecule has 0 bridgehead atoms. The molecule has 0 radical (unpaired) electrons. The second kappa shape index (κ2) is 3.90. The molecule has 0 aliphatic carbocycles. The van der Waals surface area contributed by atoms with E-state index < -0.39 is 22.7 Å². The number of amides is 1. The first-order valence-corrected chi connectivity index (χ1v) is 6.08. The SMILES string of the molecule is CC(=O)OCC1(C)SC2CC(=O)N2C1C(=O)O. The van der Waals surface area contributed by atoms with Crippen molar-refractivity contribution in [2.75, 3.05) is 6.61 Å². The Labute approximate surface area is 102 Å². The van der Waals surface area contributed by atoms with Gasteiger partial charge in [-0.25, -0.2) is 4.79 Å². The van der Waals surface area contributed by atoms with Crippen molar-refractivity contribution in [2.45, 2.75) is 36.4 Å². The highest BCUT2D eigenvalue weighted by molar-refractivity contribution is 8.01. The van der Waals surface area contributed by atoms with Crippen molar-refractivity contribution >= 4 is 29.6 Å². The lowest BCUT2D eigenvalue weighted by Crippen LogP contribution is -2.58. The molecule has 2 saturated heterocycles. The summed E-state index contributed by atoms with van der Waals surface area (Å²) >= 11 is 1.39. The molecular formula is C10H13NO5S. The van der Waals surface area contributed by atoms with Gasteiger partial charge in [0.15, 0.2) is 0 Å². The van der Waals surface area contributed by atoms with Crippen LogP contribution in [0.5, 0.6) is 0 Å². The first kappa shape index (κ1) is 12.2. The summed E-state index contributed by atoms with van der Waals surface area (Å²) in [5.74, 6) is -1.65. The van der Waals surface area contributed by atoms with E-state index in [2.05, 4.69) is 0 Å². The molecule has 2 aliphatic heterocycles. The molecule has 3 unspecified atom stereocenters. The number of hydrogen-bond acceptors (Lipinski definition) is 5. The molecule has 17 heavy (non-hydrogen) atoms. The molecule has 6 nitrogen and oxygen atoms in total. The topological polar surface area (TPSA) is 83.9 Å². The maximum Gasteiger partial charge on any atom is 0.328 e. The van der Waals surface area contributed by atoms with Gasteiger partial charge in [0.25, 0.3) is 0 Å². The van der Waals surface area contributed by atoms with Crippen molar-refractivity contribution in [1.82, 2.24) is 4.90 Å². The number of carbonyl (C=O) groups is 3. The van der Waals surface area contributed by atoms with Crippen LogP contribution in [0.4, 0.5) is 0 Å². The summed E-state index contributed by atoms with van der Waals surface area (Å²) in [4.78, 5) is 34.8. The molecule has 2 aliphatic rings. The molecule has 1 amide bonds. The molecule has 0 aromatic heterocycles. The second-order valence-electron chi connectivity index (χ2n) is 4.41. The van der Waals surface area contributed by atoms with E-state index in [4.69, 9.17) is 4.74 Å². The van der Waals surface area contributed by atoms with Gasteiger partial charge in [-0.05, 0) is 6.92 Å². The molecule has 0 aromatic carbocycles. The fourth-order valence-corrected chi connectivity index (χ4v) is 3.89. The number of aliphatic carboxylic acids is 1. The number of carboxylic acid groups (broad SMARTS) is 1. The number of fused-ring (bicyclic) bond motifs is 1. The van der Waals surface area contributed by atoms with Crippen LogP contribution in [0.1, 0.15) is 20.3 Å². The molecule has 7 heteroatoms. The Bertz CT molecular complexity index is 398. The fraction of sp³-hybridized carbons (Fsp3) is 0.700. The standard InChI is InChI=1S/C10H13NO5S/c1-5(12)16-4-10(2)8(9(14)15)11-6(13)3-7(11)17-10/h7-8H,3-4H2,1-2H3,(H,14,15). The van der Waals surface area contributed by atoms with Crippen LogP contribution in [0.3, 0.4) is 0 Å². The molecule has 2 fully saturated rings. The predicted octanol–water partition coefficient (Wildman–Crippen LogP) is 0.0666. The molecule has 2 rings (SSSR count). The van der Waals surface area contributed by atoms with E-state index in [1.54, 1.807) is 6.92 Å². The van der Waals surface area contributed by atoms with Crippen molar-refractivity contribution in [3.8, 4) is 0 Å². The number of esters is 1. The summed E-state index contributed by atoms with van der Waals surface area (Å²) in [6.07, 6.45) is 0.365. The number of β-lactam (4-membered cyclic amide) rings is 1. The average molecular weight is 259 g/mol. The number of nitrogens with zero attached hydrogens (tertiary/aromatic N) is 1. The number of hydrogen-bond donors (Lipinski definition) is 1. The second-order valence-corrected chi connectivity index (χ2v) is 6.12. The summed E-state index contributed by atoms with van der Waals surface area (Å²) in [6, 6.07) is -0.918. The number of carbonyl (C=O) groups excluding carboxylic acids is 2. The molecule has 0 spiro atoms. The van der Waals surface area contributed by atoms with E-state index in [1.807, 2.05) is 0 Å². The van der Waals surface area contributed by atoms with Crippen LogP contribution < -0.4 is 0 Å². The van der Waals surface area contributed by atoms with E-state index in [1.165, 1.54) is 23.6 Å². The molecule has 0 aromatic rings. The Morgan fingerprint density at radius 1 is 1.65 bits per heavy atom. The quantitative estimate of drug-likeness (QED) is 0.570. The van der Waals surface area contributed by atoms with E-state index in [0.29, 0.717) is 6.42 Å². The van der Waals surface area contributed by atoms with Gasteiger partial charge in [-0.2, -0.15) is 0 Å². The largest absolute Gasteiger partial charge is 0.480 e. The predicted molar refractivity (Wildman–Crippen MR) is 59.3 cm³/mol. The van der Waals surface area contributed by atoms with Gasteiger partial charge in [-0.15, -0.1) is 11.8 Å². The molecule has 94 valence electrons. The van der Waals surface area contributed by atoms with Gasteiger partial charge in [0.2, 0.25) is 5.91 Å². The lowest BCUT2D eigenvalue weighted by molar-refractivity contribution is -0.159. The summed E-state index contributed by atoms with van der Waals surface area (Å²) in [5.41, 5.74) is 0. The normalized spacial score (nSPS) is 35.2. The van der Waals surface area contributed by atoms with Gasteiger partial charge in [0.05, 0.1) is 16.5 Å². The van der Waals surface area contributed by atoms with Crippen LogP contribution in [-0.4, -0.2) is 50.6 Å². The minimum absolute atomic E-state index is 0.00421. The van der Waals surface area contributed by atoms with Gasteiger partial charge in [-0.3, -0.25) is 9.59 Å². The minimum Gasteiger partial charge on any atom is -0.480 e. The average Bonchev–Trinajstić information content (AvgIpc) is 2.45. The maximum absolute atomic E-state index is 11.4. The molecule has 2 heterocycles. The first-order chi connectivity index (χ1) is 7.85. The van der Waals surface area contributed by atoms with Crippen LogP contribution in [-0.2, 0) is 19.1 Å². The van der Waals surface area contributed by atoms with Crippen molar-refractivity contribution in [3.63, 3.8) is 0 Å². The lowest BCUT2D eigenvalue weighted by Gasteiger charge is -2.36. The number of rotatable bonds is 3. The van der Waals surface area contributed by atoms with Gasteiger partial charge in [0, 0.05) is 6.92 Å². The molecule has 1 N–H and O–H groups in total. The third-order valence-corrected chi connectivity index (χ3v) is 4.55. The molecular weight excluding hydrogens is 246 g/mol. The third kappa shape index (κ3) is 1.88. The third-order valence-electron chi connectivity index (χ3n) is 3.01. The fourth-order valence-electron chi connectivity index (χ4n) is 2.22. The van der Waals surface area contributed by atoms with E-state index in [-0.39, 0.29) is 17.9 Å². The molecule has 0 saturated carbocycles. The van der Waals surface area contributed by atoms with Crippen LogP contribution >= 0.6 is 11.8 Å². The summed E-state index contributed by atoms with van der Waals surface area (Å²) < 4.78 is 4.14. The summed E-state index contributed by atoms with van der Waals surface area (Å²) in [7, 11) is 0. The Morgan fingerprint density at radius 2 is 2.29 bits per heavy atom. The van der Waals surface area contributed by atoms with Crippen LogP contribution in [0.2, 0.25) is 0 Å². The van der Waals surface area contributed by atoms with Gasteiger partial charge in [0.1, 0.15) is 12.6 Å². The smallest absolute Gasteiger partial charge is 0.328 e. The highest BCUT2D eigenvalue weighted by Gasteiger charge is 2.61. The van der Waals surface area contributed by atoms with Gasteiger partial charge in [-0.1, -0.05) is 0 Å². The Balaban J connectivity index is 2.18. The van der Waals surface area contributed by atoms with E-state index in [9.17, 15) is 19.5 Å². The van der Waals surface area contributed by atoms with Crippen LogP contribution in [0.15, 0.2) is 0 Å². The van der Waals surface area contributed by atoms with Crippen LogP contribution in [0.25, 0.3) is 0 Å². The van der Waals surface area contributed by atoms with Crippen molar-refractivity contribution < 1.29 is 24.2 Å². The lowest BCUT2D eigenvalue weighted by atomic mass is 9.97. The van der Waals surface area contributed by atoms with Gasteiger partial charge >= 0.3 is 11.9 Å². The zero-order chi connectivity index (χ0) is 12.8. The van der Waals surface area contributed by atoms with Crippen molar-refractivity contribution in [1.29, 1.82) is 0 Å². The van der Waals surface area contributed by atoms with Crippen LogP contribution in [0, 0.1) is 0 Å². The monoisotopic (exact) mass is 259 g/mol. The summed E-state index contributed by atoms with van der Waals surface area (Å²) in [6.45, 7) is 2.99. The number of thioether (sulfide) groups is 1. The van der Waals surface area contributed by atoms with Crippen molar-refractivity contribution in [3.05, 3.63) is 0 Å². The minimum atomic E-state index is -1.05. The molecule has 3 atom stereocenters. The van der Waals surface area contributed by atoms with E-state index in [0.717, 1.165) is 0 Å². The Morgan fingerprint density at radius 3 is 2.76 bits per heavy atom. The van der Waals surface area contributed by atoms with E-state index >= 15 is 0 Å². The number of ether oxygens (including phenoxy) is 1. The Kier molecular flexibility index (Phi) is 2.81. The summed E-state index contributed by atoms with van der Waals surface area (Å²) in [5, 5.41) is 9.11. The highest BCUT2D eigenvalue weighted by atomic mass is 32.2. The first-order valence-electron chi connectivity index (χ1n) is 5.20.